The lowest BCUT2D eigenvalue weighted by Gasteiger charge is -2.02. The fraction of sp³-hybridized carbons (Fsp3) is 0.407. The lowest BCUT2D eigenvalue weighted by atomic mass is 10.2. The Morgan fingerprint density at radius 1 is 0.586 bits per heavy atom. The topological polar surface area (TPSA) is 7.76 Å². The van der Waals surface area contributed by atoms with Gasteiger partial charge in [-0.2, -0.15) is 4.57 Å². The molecule has 0 atom stereocenters. The van der Waals surface area contributed by atoms with Gasteiger partial charge in [0.25, 0.3) is 0 Å². The third kappa shape index (κ3) is 8.19. The van der Waals surface area contributed by atoms with Crippen molar-refractivity contribution in [3.63, 3.8) is 0 Å². The average molecular weight is 391 g/mol. The second kappa shape index (κ2) is 13.7. The highest BCUT2D eigenvalue weighted by molar-refractivity contribution is 5.13. The average Bonchev–Trinajstić information content (AvgIpc) is 2.76. The van der Waals surface area contributed by atoms with Crippen molar-refractivity contribution in [1.29, 1.82) is 0 Å². The number of nitrogens with zero attached hydrogens (tertiary/aromatic N) is 2. The number of rotatable bonds is 9. The van der Waals surface area contributed by atoms with Crippen molar-refractivity contribution in [2.24, 2.45) is 0 Å². The second-order valence-electron chi connectivity index (χ2n) is 7.54. The number of pyridine rings is 2. The van der Waals surface area contributed by atoms with Gasteiger partial charge < -0.3 is 0 Å². The van der Waals surface area contributed by atoms with Crippen LogP contribution in [0.4, 0.5) is 0 Å². The highest BCUT2D eigenvalue weighted by Crippen LogP contribution is 2.01. The minimum atomic E-state index is 0.969. The molecule has 3 aromatic rings. The van der Waals surface area contributed by atoms with Crippen molar-refractivity contribution in [3.8, 4) is 0 Å². The van der Waals surface area contributed by atoms with Gasteiger partial charge in [0.15, 0.2) is 30.3 Å². The van der Waals surface area contributed by atoms with Crippen LogP contribution in [0.1, 0.15) is 63.4 Å². The summed E-state index contributed by atoms with van der Waals surface area (Å²) in [7, 11) is 0. The first-order valence-corrected chi connectivity index (χ1v) is 11.3. The summed E-state index contributed by atoms with van der Waals surface area (Å²) in [6.07, 6.45) is 11.7. The monoisotopic (exact) mass is 390 g/mol. The van der Waals surface area contributed by atoms with E-state index in [0.717, 1.165) is 13.0 Å². The fourth-order valence-corrected chi connectivity index (χ4v) is 3.47. The van der Waals surface area contributed by atoms with Crippen LogP contribution in [-0.4, -0.2) is 0 Å². The van der Waals surface area contributed by atoms with Crippen LogP contribution >= 0.6 is 0 Å². The predicted octanol–water partition coefficient (Wildman–Crippen LogP) is 5.70. The minimum absolute atomic E-state index is 0.969. The van der Waals surface area contributed by atoms with Crippen molar-refractivity contribution in [2.45, 2.75) is 72.4 Å². The van der Waals surface area contributed by atoms with Gasteiger partial charge in [0.2, 0.25) is 0 Å². The Bertz CT molecular complexity index is 812. The normalized spacial score (nSPS) is 10.3. The number of hydrogen-bond acceptors (Lipinski definition) is 0. The van der Waals surface area contributed by atoms with E-state index in [1.807, 2.05) is 0 Å². The van der Waals surface area contributed by atoms with E-state index in [4.69, 9.17) is 0 Å². The number of aromatic nitrogens is 2. The van der Waals surface area contributed by atoms with Crippen molar-refractivity contribution in [1.82, 2.24) is 0 Å². The Morgan fingerprint density at radius 2 is 1.14 bits per heavy atom. The lowest BCUT2D eigenvalue weighted by Crippen LogP contribution is -2.38. The van der Waals surface area contributed by atoms with Gasteiger partial charge in [-0.05, 0) is 12.8 Å². The summed E-state index contributed by atoms with van der Waals surface area (Å²) in [6, 6.07) is 23.5. The molecule has 0 saturated heterocycles. The summed E-state index contributed by atoms with van der Waals surface area (Å²) in [5, 5.41) is 0. The number of unbranched alkanes of at least 4 members (excludes halogenated alkanes) is 1. The molecule has 0 aliphatic carbocycles. The number of aryl methyl sites for hydroxylation is 3. The molecule has 154 valence electrons. The molecule has 0 unspecified atom stereocenters. The van der Waals surface area contributed by atoms with Crippen LogP contribution in [0.2, 0.25) is 0 Å². The minimum Gasteiger partial charge on any atom is -0.202 e. The molecule has 2 heterocycles. The molecule has 2 heteroatoms. The van der Waals surface area contributed by atoms with E-state index >= 15 is 0 Å². The highest BCUT2D eigenvalue weighted by atomic mass is 15.0. The molecule has 3 rings (SSSR count). The molecule has 29 heavy (non-hydrogen) atoms. The van der Waals surface area contributed by atoms with Crippen molar-refractivity contribution in [2.75, 3.05) is 0 Å². The Labute approximate surface area is 177 Å². The molecular formula is C27H38N2+2. The molecule has 0 radical (unpaired) electrons. The van der Waals surface area contributed by atoms with Gasteiger partial charge in [0.1, 0.15) is 6.54 Å². The SMILES string of the molecule is CCCC[n+]1ccccc1CCC.CCCc1cccc[n+]1Cc1ccccc1. The van der Waals surface area contributed by atoms with Gasteiger partial charge in [-0.15, -0.1) is 0 Å². The third-order valence-corrected chi connectivity index (χ3v) is 5.03. The first kappa shape index (κ1) is 22.8. The van der Waals surface area contributed by atoms with Crippen LogP contribution in [0, 0.1) is 0 Å². The number of hydrogen-bond donors (Lipinski definition) is 0. The molecule has 0 amide bonds. The van der Waals surface area contributed by atoms with Crippen molar-refractivity contribution >= 4 is 0 Å². The van der Waals surface area contributed by atoms with Crippen LogP contribution in [0.15, 0.2) is 79.1 Å². The Kier molecular flexibility index (Phi) is 10.7. The van der Waals surface area contributed by atoms with Crippen LogP contribution in [0.25, 0.3) is 0 Å². The van der Waals surface area contributed by atoms with Crippen LogP contribution in [0.3, 0.4) is 0 Å². The summed E-state index contributed by atoms with van der Waals surface area (Å²) < 4.78 is 4.71. The molecular weight excluding hydrogens is 352 g/mol. The summed E-state index contributed by atoms with van der Waals surface area (Å²) in [5.74, 6) is 0. The van der Waals surface area contributed by atoms with Gasteiger partial charge in [-0.3, -0.25) is 0 Å². The van der Waals surface area contributed by atoms with Crippen molar-refractivity contribution in [3.05, 3.63) is 96.1 Å². The maximum atomic E-state index is 2.38. The number of benzene rings is 1. The summed E-state index contributed by atoms with van der Waals surface area (Å²) in [5.41, 5.74) is 4.24. The molecule has 0 fully saturated rings. The zero-order valence-corrected chi connectivity index (χ0v) is 18.6. The molecule has 0 aliphatic heterocycles. The summed E-state index contributed by atoms with van der Waals surface area (Å²) in [4.78, 5) is 0. The quantitative estimate of drug-likeness (QED) is 0.414. The van der Waals surface area contributed by atoms with Gasteiger partial charge in [-0.1, -0.05) is 69.7 Å². The smallest absolute Gasteiger partial charge is 0.181 e. The van der Waals surface area contributed by atoms with Gasteiger partial charge in [0.05, 0.1) is 0 Å². The van der Waals surface area contributed by atoms with Crippen LogP contribution in [-0.2, 0) is 25.9 Å². The molecule has 0 spiro atoms. The van der Waals surface area contributed by atoms with E-state index in [1.165, 1.54) is 55.6 Å². The first-order chi connectivity index (χ1) is 14.3. The molecule has 0 bridgehead atoms. The molecule has 2 aromatic heterocycles. The van der Waals surface area contributed by atoms with E-state index < -0.39 is 0 Å². The summed E-state index contributed by atoms with van der Waals surface area (Å²) in [6.45, 7) is 8.84. The van der Waals surface area contributed by atoms with Gasteiger partial charge in [0, 0.05) is 49.1 Å². The van der Waals surface area contributed by atoms with E-state index in [-0.39, 0.29) is 0 Å². The van der Waals surface area contributed by atoms with E-state index in [1.54, 1.807) is 0 Å². The van der Waals surface area contributed by atoms with E-state index in [9.17, 15) is 0 Å². The molecule has 0 N–H and O–H groups in total. The van der Waals surface area contributed by atoms with Crippen molar-refractivity contribution < 1.29 is 9.13 Å². The predicted molar refractivity (Wildman–Crippen MR) is 122 cm³/mol. The maximum absolute atomic E-state index is 2.38. The zero-order chi connectivity index (χ0) is 20.7. The Hall–Kier alpha value is -2.48. The van der Waals surface area contributed by atoms with E-state index in [0.29, 0.717) is 0 Å². The molecule has 2 nitrogen and oxygen atoms in total. The molecule has 0 saturated carbocycles. The first-order valence-electron chi connectivity index (χ1n) is 11.3. The second-order valence-corrected chi connectivity index (χ2v) is 7.54. The molecule has 0 aliphatic rings. The molecule has 1 aromatic carbocycles. The van der Waals surface area contributed by atoms with Crippen LogP contribution in [0.5, 0.6) is 0 Å². The standard InChI is InChI=1S/C15H18N.C12H20N/c1-2-8-15-11-6-7-12-16(15)13-14-9-4-3-5-10-14;1-3-5-10-13-11-7-6-9-12(13)8-4-2/h3-7,9-12H,2,8,13H2,1H3;6-7,9,11H,3-5,8,10H2,1-2H3/q2*+1. The largest absolute Gasteiger partial charge is 0.202 e. The zero-order valence-electron chi connectivity index (χ0n) is 18.6. The fourth-order valence-electron chi connectivity index (χ4n) is 3.47. The lowest BCUT2D eigenvalue weighted by molar-refractivity contribution is -0.704. The van der Waals surface area contributed by atoms with E-state index in [2.05, 4.69) is 109 Å². The maximum Gasteiger partial charge on any atom is 0.181 e. The van der Waals surface area contributed by atoms with Crippen LogP contribution < -0.4 is 9.13 Å². The van der Waals surface area contributed by atoms with Gasteiger partial charge >= 0.3 is 0 Å². The highest BCUT2D eigenvalue weighted by Gasteiger charge is 2.08. The Morgan fingerprint density at radius 3 is 1.72 bits per heavy atom. The summed E-state index contributed by atoms with van der Waals surface area (Å²) >= 11 is 0. The van der Waals surface area contributed by atoms with Gasteiger partial charge in [-0.25, -0.2) is 4.57 Å². The third-order valence-electron chi connectivity index (χ3n) is 5.03. The Balaban J connectivity index is 0.000000212.